The van der Waals surface area contributed by atoms with Crippen LogP contribution in [0.1, 0.15) is 5.69 Å². The second kappa shape index (κ2) is 7.40. The number of aryl methyl sites for hydroxylation is 1. The van der Waals surface area contributed by atoms with Gasteiger partial charge in [0, 0.05) is 17.4 Å². The lowest BCUT2D eigenvalue weighted by Crippen LogP contribution is -1.98. The van der Waals surface area contributed by atoms with Crippen LogP contribution in [0, 0.1) is 6.92 Å². The number of benzene rings is 2. The lowest BCUT2D eigenvalue weighted by molar-refractivity contribution is 0.378. The first kappa shape index (κ1) is 17.5. The van der Waals surface area contributed by atoms with Crippen molar-refractivity contribution in [2.24, 2.45) is 0 Å². The number of nitrogens with one attached hydrogen (secondary N) is 1. The second-order valence-electron chi connectivity index (χ2n) is 6.12. The van der Waals surface area contributed by atoms with Crippen LogP contribution in [0.4, 0.5) is 11.5 Å². The first-order valence-corrected chi connectivity index (χ1v) is 8.62. The molecule has 4 aromatic rings. The van der Waals surface area contributed by atoms with Crippen LogP contribution >= 0.6 is 0 Å². The molecule has 0 radical (unpaired) electrons. The van der Waals surface area contributed by atoms with Crippen LogP contribution in [0.25, 0.3) is 10.9 Å². The van der Waals surface area contributed by atoms with E-state index in [0.717, 1.165) is 11.4 Å². The summed E-state index contributed by atoms with van der Waals surface area (Å²) < 4.78 is 11.3. The van der Waals surface area contributed by atoms with Gasteiger partial charge in [-0.25, -0.2) is 9.97 Å². The molecule has 140 valence electrons. The van der Waals surface area contributed by atoms with Crippen molar-refractivity contribution >= 4 is 22.4 Å². The molecule has 0 amide bonds. The van der Waals surface area contributed by atoms with Gasteiger partial charge in [0.1, 0.15) is 23.6 Å². The van der Waals surface area contributed by atoms with Crippen molar-refractivity contribution in [1.82, 2.24) is 15.0 Å². The topological polar surface area (TPSA) is 89.4 Å². The molecule has 7 nitrogen and oxygen atoms in total. The number of phenolic OH excluding ortho intramolecular Hbond substituents is 1. The van der Waals surface area contributed by atoms with E-state index in [1.807, 2.05) is 31.2 Å². The Morgan fingerprint density at radius 2 is 1.86 bits per heavy atom. The zero-order valence-corrected chi connectivity index (χ0v) is 15.4. The molecule has 0 aliphatic rings. The summed E-state index contributed by atoms with van der Waals surface area (Å²) in [5.41, 5.74) is 2.30. The van der Waals surface area contributed by atoms with Crippen molar-refractivity contribution in [3.63, 3.8) is 0 Å². The van der Waals surface area contributed by atoms with Gasteiger partial charge in [-0.2, -0.15) is 0 Å². The number of hydrogen-bond donors (Lipinski definition) is 2. The summed E-state index contributed by atoms with van der Waals surface area (Å²) in [6.07, 6.45) is 3.11. The van der Waals surface area contributed by atoms with E-state index < -0.39 is 0 Å². The van der Waals surface area contributed by atoms with Crippen LogP contribution in [0.2, 0.25) is 0 Å². The Morgan fingerprint density at radius 3 is 2.64 bits per heavy atom. The number of rotatable bonds is 5. The molecule has 2 heterocycles. The van der Waals surface area contributed by atoms with Gasteiger partial charge in [0.2, 0.25) is 0 Å². The van der Waals surface area contributed by atoms with Gasteiger partial charge in [-0.1, -0.05) is 6.07 Å². The van der Waals surface area contributed by atoms with Crippen molar-refractivity contribution in [3.05, 3.63) is 66.7 Å². The molecule has 0 aliphatic carbocycles. The number of aromatic hydroxyl groups is 1. The minimum absolute atomic E-state index is 0.111. The highest BCUT2D eigenvalue weighted by molar-refractivity contribution is 5.95. The highest BCUT2D eigenvalue weighted by Crippen LogP contribution is 2.36. The smallest absolute Gasteiger partial charge is 0.169 e. The molecule has 0 unspecified atom stereocenters. The normalized spacial score (nSPS) is 10.6. The lowest BCUT2D eigenvalue weighted by atomic mass is 10.2. The standard InChI is InChI=1S/C21H18N4O3/c1-13-6-8-15(11-22-13)28-18-9-7-14(10-19(18)27-2)25-21-20-16(23-12-24-21)4-3-5-17(20)26/h3-12,26H,1-2H3,(H,23,24,25). The Hall–Kier alpha value is -3.87. The largest absolute Gasteiger partial charge is 0.507 e. The molecule has 0 aliphatic heterocycles. The predicted molar refractivity (Wildman–Crippen MR) is 107 cm³/mol. The first-order chi connectivity index (χ1) is 13.6. The number of ether oxygens (including phenoxy) is 2. The van der Waals surface area contributed by atoms with Crippen molar-refractivity contribution < 1.29 is 14.6 Å². The van der Waals surface area contributed by atoms with Crippen molar-refractivity contribution in [2.45, 2.75) is 6.92 Å². The van der Waals surface area contributed by atoms with Gasteiger partial charge in [0.25, 0.3) is 0 Å². The van der Waals surface area contributed by atoms with Crippen LogP contribution < -0.4 is 14.8 Å². The first-order valence-electron chi connectivity index (χ1n) is 8.62. The van der Waals surface area contributed by atoms with Crippen molar-refractivity contribution in [1.29, 1.82) is 0 Å². The molecule has 2 aromatic carbocycles. The van der Waals surface area contributed by atoms with Crippen LogP contribution in [0.5, 0.6) is 23.0 Å². The van der Waals surface area contributed by atoms with E-state index in [-0.39, 0.29) is 5.75 Å². The van der Waals surface area contributed by atoms with Crippen LogP contribution in [-0.4, -0.2) is 27.2 Å². The number of anilines is 2. The summed E-state index contributed by atoms with van der Waals surface area (Å²) in [7, 11) is 1.57. The number of pyridine rings is 1. The fourth-order valence-corrected chi connectivity index (χ4v) is 2.79. The van der Waals surface area contributed by atoms with Gasteiger partial charge in [-0.3, -0.25) is 4.98 Å². The van der Waals surface area contributed by atoms with Gasteiger partial charge in [-0.05, 0) is 43.3 Å². The number of methoxy groups -OCH3 is 1. The Labute approximate surface area is 161 Å². The average Bonchev–Trinajstić information content (AvgIpc) is 2.71. The predicted octanol–water partition coefficient (Wildman–Crippen LogP) is 4.58. The fraction of sp³-hybridized carbons (Fsp3) is 0.0952. The summed E-state index contributed by atoms with van der Waals surface area (Å²) in [4.78, 5) is 12.7. The zero-order valence-electron chi connectivity index (χ0n) is 15.4. The highest BCUT2D eigenvalue weighted by Gasteiger charge is 2.11. The van der Waals surface area contributed by atoms with Gasteiger partial charge in [0.05, 0.1) is 24.2 Å². The van der Waals surface area contributed by atoms with Gasteiger partial charge >= 0.3 is 0 Å². The molecule has 2 N–H and O–H groups in total. The van der Waals surface area contributed by atoms with E-state index in [1.54, 1.807) is 37.6 Å². The van der Waals surface area contributed by atoms with Gasteiger partial charge in [0.15, 0.2) is 11.5 Å². The van der Waals surface area contributed by atoms with Crippen molar-refractivity contribution in [2.75, 3.05) is 12.4 Å². The van der Waals surface area contributed by atoms with Gasteiger partial charge in [-0.15, -0.1) is 0 Å². The number of aromatic nitrogens is 3. The minimum Gasteiger partial charge on any atom is -0.507 e. The third-order valence-electron chi connectivity index (χ3n) is 4.18. The van der Waals surface area contributed by atoms with E-state index >= 15 is 0 Å². The number of nitrogens with zero attached hydrogens (tertiary/aromatic N) is 3. The summed E-state index contributed by atoms with van der Waals surface area (Å²) >= 11 is 0. The minimum atomic E-state index is 0.111. The van der Waals surface area contributed by atoms with E-state index in [4.69, 9.17) is 9.47 Å². The Kier molecular flexibility index (Phi) is 4.63. The number of phenols is 1. The lowest BCUT2D eigenvalue weighted by Gasteiger charge is -2.13. The van der Waals surface area contributed by atoms with Crippen LogP contribution in [0.15, 0.2) is 61.1 Å². The van der Waals surface area contributed by atoms with Gasteiger partial charge < -0.3 is 19.9 Å². The molecule has 0 fully saturated rings. The summed E-state index contributed by atoms with van der Waals surface area (Å²) in [6, 6.07) is 14.3. The molecular formula is C21H18N4O3. The molecule has 0 saturated heterocycles. The molecular weight excluding hydrogens is 356 g/mol. The molecule has 0 saturated carbocycles. The molecule has 4 rings (SSSR count). The number of fused-ring (bicyclic) bond motifs is 1. The maximum atomic E-state index is 10.2. The van der Waals surface area contributed by atoms with Crippen LogP contribution in [0.3, 0.4) is 0 Å². The van der Waals surface area contributed by atoms with E-state index in [2.05, 4.69) is 20.3 Å². The maximum Gasteiger partial charge on any atom is 0.169 e. The molecule has 2 aromatic heterocycles. The maximum absolute atomic E-state index is 10.2. The summed E-state index contributed by atoms with van der Waals surface area (Å²) in [6.45, 7) is 1.92. The van der Waals surface area contributed by atoms with Crippen molar-refractivity contribution in [3.8, 4) is 23.0 Å². The Bertz CT molecular complexity index is 1120. The molecule has 0 atom stereocenters. The monoisotopic (exact) mass is 374 g/mol. The zero-order chi connectivity index (χ0) is 19.5. The molecule has 7 heteroatoms. The molecule has 28 heavy (non-hydrogen) atoms. The summed E-state index contributed by atoms with van der Waals surface area (Å²) in [5, 5.41) is 13.9. The summed E-state index contributed by atoms with van der Waals surface area (Å²) in [5.74, 6) is 2.35. The van der Waals surface area contributed by atoms with E-state index in [9.17, 15) is 5.11 Å². The SMILES string of the molecule is COc1cc(Nc2ncnc3cccc(O)c23)ccc1Oc1ccc(C)nc1. The second-order valence-corrected chi connectivity index (χ2v) is 6.12. The van der Waals surface area contributed by atoms with E-state index in [0.29, 0.717) is 34.0 Å². The van der Waals surface area contributed by atoms with E-state index in [1.165, 1.54) is 6.33 Å². The number of hydrogen-bond acceptors (Lipinski definition) is 7. The fourth-order valence-electron chi connectivity index (χ4n) is 2.79. The molecule has 0 spiro atoms. The highest BCUT2D eigenvalue weighted by atomic mass is 16.5. The van der Waals surface area contributed by atoms with Crippen LogP contribution in [-0.2, 0) is 0 Å². The Balaban J connectivity index is 1.64. The Morgan fingerprint density at radius 1 is 0.964 bits per heavy atom. The molecule has 0 bridgehead atoms. The third kappa shape index (κ3) is 3.50. The quantitative estimate of drug-likeness (QED) is 0.528. The average molecular weight is 374 g/mol. The third-order valence-corrected chi connectivity index (χ3v) is 4.18.